The van der Waals surface area contributed by atoms with Gasteiger partial charge in [0.25, 0.3) is 15.9 Å². The highest BCUT2D eigenvalue weighted by Gasteiger charge is 2.24. The van der Waals surface area contributed by atoms with Crippen LogP contribution < -0.4 is 14.8 Å². The number of rotatable bonds is 9. The molecule has 0 atom stereocenters. The van der Waals surface area contributed by atoms with E-state index >= 15 is 0 Å². The summed E-state index contributed by atoms with van der Waals surface area (Å²) < 4.78 is 38.6. The minimum atomic E-state index is -4.24. The number of carbonyl (C=O) groups excluding carboxylic acids is 2. The third-order valence-electron chi connectivity index (χ3n) is 4.55. The number of ether oxygens (including phenoxy) is 2. The van der Waals surface area contributed by atoms with Gasteiger partial charge in [0.15, 0.2) is 6.61 Å². The fourth-order valence-corrected chi connectivity index (χ4v) is 5.75. The van der Waals surface area contributed by atoms with Crippen molar-refractivity contribution in [3.05, 3.63) is 79.2 Å². The molecule has 3 rings (SSSR count). The summed E-state index contributed by atoms with van der Waals surface area (Å²) in [6, 6.07) is 10.9. The molecule has 196 valence electrons. The van der Waals surface area contributed by atoms with Crippen LogP contribution in [-0.4, -0.2) is 33.5 Å². The lowest BCUT2D eigenvalue weighted by molar-refractivity contribution is -0.119. The summed E-state index contributed by atoms with van der Waals surface area (Å²) >= 11 is 30.1. The van der Waals surface area contributed by atoms with Crippen molar-refractivity contribution < 1.29 is 27.5 Å². The highest BCUT2D eigenvalue weighted by atomic mass is 35.5. The van der Waals surface area contributed by atoms with Gasteiger partial charge in [-0.15, -0.1) is 0 Å². The Kier molecular flexibility index (Phi) is 9.80. The molecule has 0 bridgehead atoms. The van der Waals surface area contributed by atoms with Crippen LogP contribution in [0.5, 0.6) is 5.75 Å². The third-order valence-corrected chi connectivity index (χ3v) is 7.53. The van der Waals surface area contributed by atoms with Crippen LogP contribution in [0.2, 0.25) is 25.1 Å². The van der Waals surface area contributed by atoms with Crippen molar-refractivity contribution in [3.8, 4) is 5.75 Å². The van der Waals surface area contributed by atoms with Crippen molar-refractivity contribution in [1.82, 2.24) is 0 Å². The van der Waals surface area contributed by atoms with Gasteiger partial charge in [0.05, 0.1) is 37.9 Å². The molecule has 1 amide bonds. The molecule has 0 aliphatic carbocycles. The number of carbonyl (C=O) groups is 2. The molecule has 0 aromatic heterocycles. The number of hydrogen-bond acceptors (Lipinski definition) is 6. The Hall–Kier alpha value is -2.40. The van der Waals surface area contributed by atoms with E-state index in [9.17, 15) is 18.0 Å². The van der Waals surface area contributed by atoms with Crippen LogP contribution in [0, 0.1) is 0 Å². The van der Waals surface area contributed by atoms with Crippen LogP contribution in [-0.2, 0) is 19.6 Å². The highest BCUT2D eigenvalue weighted by Crippen LogP contribution is 2.34. The van der Waals surface area contributed by atoms with Gasteiger partial charge in [-0.2, -0.15) is 0 Å². The maximum Gasteiger partial charge on any atom is 0.340 e. The van der Waals surface area contributed by atoms with E-state index < -0.39 is 33.4 Å². The van der Waals surface area contributed by atoms with Gasteiger partial charge >= 0.3 is 5.97 Å². The highest BCUT2D eigenvalue weighted by molar-refractivity contribution is 7.92. The van der Waals surface area contributed by atoms with Crippen LogP contribution in [0.15, 0.2) is 53.4 Å². The van der Waals surface area contributed by atoms with Crippen molar-refractivity contribution in [1.29, 1.82) is 0 Å². The lowest BCUT2D eigenvalue weighted by atomic mass is 10.2. The summed E-state index contributed by atoms with van der Waals surface area (Å²) in [6.45, 7) is 1.52. The molecule has 0 radical (unpaired) electrons. The summed E-state index contributed by atoms with van der Waals surface area (Å²) in [5.74, 6) is -1.28. The summed E-state index contributed by atoms with van der Waals surface area (Å²) in [4.78, 5) is 24.5. The van der Waals surface area contributed by atoms with Gasteiger partial charge in [0.1, 0.15) is 10.6 Å². The molecule has 0 aliphatic rings. The molecule has 8 nitrogen and oxygen atoms in total. The van der Waals surface area contributed by atoms with Crippen LogP contribution in [0.1, 0.15) is 17.3 Å². The van der Waals surface area contributed by atoms with Gasteiger partial charge in [0.2, 0.25) is 0 Å². The number of amides is 1. The smallest absolute Gasteiger partial charge is 0.340 e. The molecule has 0 heterocycles. The third kappa shape index (κ3) is 7.56. The second-order valence-electron chi connectivity index (χ2n) is 7.19. The predicted octanol–water partition coefficient (Wildman–Crippen LogP) is 6.95. The number of hydrogen-bond donors (Lipinski definition) is 2. The quantitative estimate of drug-likeness (QED) is 0.249. The van der Waals surface area contributed by atoms with Gasteiger partial charge in [-0.1, -0.05) is 58.0 Å². The van der Waals surface area contributed by atoms with Crippen LogP contribution in [0.3, 0.4) is 0 Å². The normalized spacial score (nSPS) is 11.1. The molecule has 2 N–H and O–H groups in total. The summed E-state index contributed by atoms with van der Waals surface area (Å²) in [5, 5.41) is 2.41. The molecule has 0 aliphatic heterocycles. The molecular formula is C23H17Cl5N2O6S. The van der Waals surface area contributed by atoms with Crippen LogP contribution in [0.4, 0.5) is 11.4 Å². The predicted molar refractivity (Wildman–Crippen MR) is 145 cm³/mol. The molecule has 14 heteroatoms. The van der Waals surface area contributed by atoms with E-state index in [0.717, 1.165) is 12.1 Å². The average molecular weight is 627 g/mol. The Balaban J connectivity index is 1.74. The van der Waals surface area contributed by atoms with E-state index in [-0.39, 0.29) is 42.1 Å². The van der Waals surface area contributed by atoms with Crippen molar-refractivity contribution in [2.45, 2.75) is 11.8 Å². The minimum absolute atomic E-state index is 0.0760. The molecule has 0 fully saturated rings. The zero-order valence-electron chi connectivity index (χ0n) is 18.8. The number of anilines is 2. The fraction of sp³-hybridized carbons (Fsp3) is 0.130. The second kappa shape index (κ2) is 12.4. The van der Waals surface area contributed by atoms with Crippen molar-refractivity contribution in [3.63, 3.8) is 0 Å². The zero-order chi connectivity index (χ0) is 27.3. The molecule has 0 saturated carbocycles. The number of halogens is 5. The first-order valence-electron chi connectivity index (χ1n) is 10.3. The molecule has 3 aromatic carbocycles. The van der Waals surface area contributed by atoms with E-state index in [4.69, 9.17) is 67.5 Å². The van der Waals surface area contributed by atoms with E-state index in [1.165, 1.54) is 24.3 Å². The monoisotopic (exact) mass is 624 g/mol. The maximum absolute atomic E-state index is 13.0. The van der Waals surface area contributed by atoms with Gasteiger partial charge in [-0.3, -0.25) is 9.52 Å². The number of benzene rings is 3. The average Bonchev–Trinajstić information content (AvgIpc) is 2.81. The molecule has 0 saturated heterocycles. The van der Waals surface area contributed by atoms with Crippen LogP contribution >= 0.6 is 58.0 Å². The Bertz CT molecular complexity index is 1430. The molecule has 3 aromatic rings. The standard InChI is InChI=1S/C23H17Cl5N2O6S/c1-2-35-14-5-3-13(4-6-14)30-37(33,34)20-9-15(16(25)10-17(20)26)23(32)36-11-21(31)29-22-18(27)7-12(24)8-19(22)28/h3-10,30H,2,11H2,1H3,(H,29,31). The first kappa shape index (κ1) is 29.2. The van der Waals surface area contributed by atoms with E-state index in [2.05, 4.69) is 10.0 Å². The first-order valence-corrected chi connectivity index (χ1v) is 13.6. The fourth-order valence-electron chi connectivity index (χ4n) is 2.93. The van der Waals surface area contributed by atoms with Crippen LogP contribution in [0.25, 0.3) is 0 Å². The van der Waals surface area contributed by atoms with Crippen molar-refractivity contribution in [2.24, 2.45) is 0 Å². The number of sulfonamides is 1. The van der Waals surface area contributed by atoms with Crippen molar-refractivity contribution >= 4 is 91.3 Å². The van der Waals surface area contributed by atoms with Gasteiger partial charge in [-0.25, -0.2) is 13.2 Å². The Labute approximate surface area is 237 Å². The zero-order valence-corrected chi connectivity index (χ0v) is 23.4. The Morgan fingerprint density at radius 3 is 2.08 bits per heavy atom. The lowest BCUT2D eigenvalue weighted by Gasteiger charge is -2.13. The SMILES string of the molecule is CCOc1ccc(NS(=O)(=O)c2cc(C(=O)OCC(=O)Nc3c(Cl)cc(Cl)cc3Cl)c(Cl)cc2Cl)cc1. The Morgan fingerprint density at radius 2 is 1.49 bits per heavy atom. The van der Waals surface area contributed by atoms with E-state index in [0.29, 0.717) is 12.4 Å². The first-order chi connectivity index (χ1) is 17.4. The van der Waals surface area contributed by atoms with Gasteiger partial charge in [0, 0.05) is 10.7 Å². The molecule has 0 spiro atoms. The topological polar surface area (TPSA) is 111 Å². The van der Waals surface area contributed by atoms with Gasteiger partial charge in [-0.05, 0) is 55.5 Å². The summed E-state index contributed by atoms with van der Waals surface area (Å²) in [6.07, 6.45) is 0. The Morgan fingerprint density at radius 1 is 0.865 bits per heavy atom. The number of nitrogens with one attached hydrogen (secondary N) is 2. The summed E-state index contributed by atoms with van der Waals surface area (Å²) in [5.41, 5.74) is -0.0182. The van der Waals surface area contributed by atoms with E-state index in [1.54, 1.807) is 12.1 Å². The molecule has 0 unspecified atom stereocenters. The maximum atomic E-state index is 13.0. The lowest BCUT2D eigenvalue weighted by Crippen LogP contribution is -2.22. The minimum Gasteiger partial charge on any atom is -0.494 e. The van der Waals surface area contributed by atoms with Crippen molar-refractivity contribution in [2.75, 3.05) is 23.3 Å². The number of esters is 1. The molecule has 37 heavy (non-hydrogen) atoms. The largest absolute Gasteiger partial charge is 0.494 e. The second-order valence-corrected chi connectivity index (χ2v) is 10.9. The molecular weight excluding hydrogens is 610 g/mol. The van der Waals surface area contributed by atoms with Gasteiger partial charge < -0.3 is 14.8 Å². The van der Waals surface area contributed by atoms with E-state index in [1.807, 2.05) is 6.92 Å². The summed E-state index contributed by atoms with van der Waals surface area (Å²) in [7, 11) is -4.24.